The van der Waals surface area contributed by atoms with Crippen molar-refractivity contribution in [2.45, 2.75) is 38.8 Å². The predicted octanol–water partition coefficient (Wildman–Crippen LogP) is 2.70. The van der Waals surface area contributed by atoms with E-state index in [1.165, 1.54) is 4.88 Å². The Labute approximate surface area is 130 Å². The van der Waals surface area contributed by atoms with Gasteiger partial charge in [0.15, 0.2) is 0 Å². The van der Waals surface area contributed by atoms with E-state index in [1.807, 2.05) is 19.1 Å². The van der Waals surface area contributed by atoms with Crippen LogP contribution in [0.5, 0.6) is 0 Å². The molecule has 1 fully saturated rings. The largest absolute Gasteiger partial charge is 0.309 e. The Balaban J connectivity index is 1.77. The molecule has 0 aromatic carbocycles. The number of nitrogens with one attached hydrogen (secondary N) is 1. The SMILES string of the molecule is CCCS(=O)(=O)N1CCC(NCc2ccc(Cl)s2)CC1. The van der Waals surface area contributed by atoms with Gasteiger partial charge in [0.2, 0.25) is 10.0 Å². The molecule has 0 radical (unpaired) electrons. The van der Waals surface area contributed by atoms with Gasteiger partial charge in [-0.15, -0.1) is 11.3 Å². The van der Waals surface area contributed by atoms with Gasteiger partial charge in [-0.3, -0.25) is 0 Å². The summed E-state index contributed by atoms with van der Waals surface area (Å²) in [5.41, 5.74) is 0. The fraction of sp³-hybridized carbons (Fsp3) is 0.692. The van der Waals surface area contributed by atoms with Gasteiger partial charge in [0.05, 0.1) is 10.1 Å². The first kappa shape index (κ1) is 16.2. The zero-order valence-corrected chi connectivity index (χ0v) is 14.0. The van der Waals surface area contributed by atoms with E-state index in [0.717, 1.165) is 23.7 Å². The van der Waals surface area contributed by atoms with Crippen molar-refractivity contribution >= 4 is 33.0 Å². The van der Waals surface area contributed by atoms with Crippen molar-refractivity contribution in [3.63, 3.8) is 0 Å². The molecule has 1 aliphatic heterocycles. The first-order valence-corrected chi connectivity index (χ1v) is 9.77. The molecule has 2 heterocycles. The second-order valence-electron chi connectivity index (χ2n) is 5.08. The Morgan fingerprint density at radius 1 is 1.40 bits per heavy atom. The number of halogens is 1. The Morgan fingerprint density at radius 3 is 2.65 bits per heavy atom. The quantitative estimate of drug-likeness (QED) is 0.869. The van der Waals surface area contributed by atoms with Gasteiger partial charge in [-0.25, -0.2) is 12.7 Å². The van der Waals surface area contributed by atoms with Crippen LogP contribution in [0.1, 0.15) is 31.1 Å². The van der Waals surface area contributed by atoms with Gasteiger partial charge >= 0.3 is 0 Å². The third-order valence-electron chi connectivity index (χ3n) is 3.50. The lowest BCUT2D eigenvalue weighted by Crippen LogP contribution is -2.45. The minimum Gasteiger partial charge on any atom is -0.309 e. The van der Waals surface area contributed by atoms with E-state index in [4.69, 9.17) is 11.6 Å². The van der Waals surface area contributed by atoms with Crippen molar-refractivity contribution in [1.29, 1.82) is 0 Å². The molecule has 7 heteroatoms. The van der Waals surface area contributed by atoms with Gasteiger partial charge in [-0.05, 0) is 31.4 Å². The summed E-state index contributed by atoms with van der Waals surface area (Å²) >= 11 is 7.48. The Kier molecular flexibility index (Phi) is 5.86. The van der Waals surface area contributed by atoms with Crippen LogP contribution in [-0.4, -0.2) is 37.6 Å². The molecule has 2 rings (SSSR count). The molecule has 0 bridgehead atoms. The molecule has 0 saturated carbocycles. The van der Waals surface area contributed by atoms with Crippen LogP contribution in [0.15, 0.2) is 12.1 Å². The summed E-state index contributed by atoms with van der Waals surface area (Å²) < 4.78 is 26.4. The molecular weight excluding hydrogens is 316 g/mol. The predicted molar refractivity (Wildman–Crippen MR) is 84.8 cm³/mol. The molecule has 0 spiro atoms. The molecule has 20 heavy (non-hydrogen) atoms. The topological polar surface area (TPSA) is 49.4 Å². The Morgan fingerprint density at radius 2 is 2.10 bits per heavy atom. The van der Waals surface area contributed by atoms with Crippen LogP contribution in [0, 0.1) is 0 Å². The number of hydrogen-bond acceptors (Lipinski definition) is 4. The monoisotopic (exact) mass is 336 g/mol. The number of sulfonamides is 1. The lowest BCUT2D eigenvalue weighted by molar-refractivity contribution is 0.289. The fourth-order valence-electron chi connectivity index (χ4n) is 2.42. The van der Waals surface area contributed by atoms with Crippen LogP contribution >= 0.6 is 22.9 Å². The summed E-state index contributed by atoms with van der Waals surface area (Å²) in [5, 5.41) is 3.49. The third kappa shape index (κ3) is 4.43. The molecule has 1 aromatic heterocycles. The van der Waals surface area contributed by atoms with Gasteiger partial charge in [-0.2, -0.15) is 0 Å². The number of rotatable bonds is 6. The maximum atomic E-state index is 12.0. The zero-order chi connectivity index (χ0) is 14.6. The van der Waals surface area contributed by atoms with E-state index < -0.39 is 10.0 Å². The highest BCUT2D eigenvalue weighted by atomic mass is 35.5. The molecule has 0 amide bonds. The number of hydrogen-bond donors (Lipinski definition) is 1. The van der Waals surface area contributed by atoms with E-state index >= 15 is 0 Å². The second-order valence-corrected chi connectivity index (χ2v) is 8.96. The second kappa shape index (κ2) is 7.22. The molecule has 4 nitrogen and oxygen atoms in total. The van der Waals surface area contributed by atoms with Crippen LogP contribution in [0.25, 0.3) is 0 Å². The lowest BCUT2D eigenvalue weighted by Gasteiger charge is -2.31. The van der Waals surface area contributed by atoms with Crippen molar-refractivity contribution in [2.24, 2.45) is 0 Å². The average Bonchev–Trinajstić information content (AvgIpc) is 2.83. The van der Waals surface area contributed by atoms with Crippen molar-refractivity contribution in [2.75, 3.05) is 18.8 Å². The fourth-order valence-corrected chi connectivity index (χ4v) is 5.00. The summed E-state index contributed by atoms with van der Waals surface area (Å²) in [4.78, 5) is 1.22. The van der Waals surface area contributed by atoms with Gasteiger partial charge in [0, 0.05) is 30.6 Å². The highest BCUT2D eigenvalue weighted by molar-refractivity contribution is 7.89. The van der Waals surface area contributed by atoms with Gasteiger partial charge < -0.3 is 5.32 Å². The average molecular weight is 337 g/mol. The molecule has 0 unspecified atom stereocenters. The first-order valence-electron chi connectivity index (χ1n) is 6.96. The minimum atomic E-state index is -3.03. The molecular formula is C13H21ClN2O2S2. The highest BCUT2D eigenvalue weighted by Gasteiger charge is 2.26. The van der Waals surface area contributed by atoms with Crippen LogP contribution in [0.4, 0.5) is 0 Å². The minimum absolute atomic E-state index is 0.263. The normalized spacial score (nSPS) is 18.5. The summed E-state index contributed by atoms with van der Waals surface area (Å²) in [6, 6.07) is 4.33. The Bertz CT molecular complexity index is 522. The van der Waals surface area contributed by atoms with E-state index in [0.29, 0.717) is 25.6 Å². The van der Waals surface area contributed by atoms with Gasteiger partial charge in [-0.1, -0.05) is 18.5 Å². The summed E-state index contributed by atoms with van der Waals surface area (Å²) in [6.07, 6.45) is 2.43. The summed E-state index contributed by atoms with van der Waals surface area (Å²) in [5.74, 6) is 0.263. The van der Waals surface area contributed by atoms with E-state index in [1.54, 1.807) is 15.6 Å². The maximum Gasteiger partial charge on any atom is 0.214 e. The van der Waals surface area contributed by atoms with Crippen LogP contribution < -0.4 is 5.32 Å². The van der Waals surface area contributed by atoms with Crippen molar-refractivity contribution in [3.05, 3.63) is 21.3 Å². The molecule has 0 aliphatic carbocycles. The number of piperidine rings is 1. The number of nitrogens with zero attached hydrogens (tertiary/aromatic N) is 1. The molecule has 1 aliphatic rings. The molecule has 1 aromatic rings. The van der Waals surface area contributed by atoms with Crippen molar-refractivity contribution < 1.29 is 8.42 Å². The molecule has 0 atom stereocenters. The summed E-state index contributed by atoms with van der Waals surface area (Å²) in [6.45, 7) is 3.97. The van der Waals surface area contributed by atoms with Crippen LogP contribution in [0.2, 0.25) is 4.34 Å². The standard InChI is InChI=1S/C13H21ClN2O2S2/c1-2-9-20(17,18)16-7-5-11(6-8-16)15-10-12-3-4-13(14)19-12/h3-4,11,15H,2,5-10H2,1H3. The summed E-state index contributed by atoms with van der Waals surface area (Å²) in [7, 11) is -3.03. The Hall–Kier alpha value is -0.140. The lowest BCUT2D eigenvalue weighted by atomic mass is 10.1. The third-order valence-corrected chi connectivity index (χ3v) is 6.81. The molecule has 1 saturated heterocycles. The maximum absolute atomic E-state index is 12.0. The first-order chi connectivity index (χ1) is 9.51. The van der Waals surface area contributed by atoms with Crippen LogP contribution in [-0.2, 0) is 16.6 Å². The zero-order valence-electron chi connectivity index (χ0n) is 11.6. The van der Waals surface area contributed by atoms with Gasteiger partial charge in [0.25, 0.3) is 0 Å². The molecule has 114 valence electrons. The molecule has 1 N–H and O–H groups in total. The van der Waals surface area contributed by atoms with E-state index in [-0.39, 0.29) is 5.75 Å². The van der Waals surface area contributed by atoms with Crippen molar-refractivity contribution in [1.82, 2.24) is 9.62 Å². The van der Waals surface area contributed by atoms with E-state index in [2.05, 4.69) is 5.32 Å². The highest BCUT2D eigenvalue weighted by Crippen LogP contribution is 2.22. The number of thiophene rings is 1. The van der Waals surface area contributed by atoms with Crippen LogP contribution in [0.3, 0.4) is 0 Å². The smallest absolute Gasteiger partial charge is 0.214 e. The van der Waals surface area contributed by atoms with Crippen molar-refractivity contribution in [3.8, 4) is 0 Å². The van der Waals surface area contributed by atoms with E-state index in [9.17, 15) is 8.42 Å². The van der Waals surface area contributed by atoms with Gasteiger partial charge in [0.1, 0.15) is 0 Å².